The fourth-order valence-electron chi connectivity index (χ4n) is 5.09. The minimum absolute atomic E-state index is 0.0270. The maximum absolute atomic E-state index is 13.5. The first kappa shape index (κ1) is 22.0. The summed E-state index contributed by atoms with van der Waals surface area (Å²) < 4.78 is 11.1. The Morgan fingerprint density at radius 1 is 1.03 bits per heavy atom. The number of amides is 1. The number of para-hydroxylation sites is 1. The number of benzene rings is 3. The molecule has 2 aliphatic heterocycles. The lowest BCUT2D eigenvalue weighted by molar-refractivity contribution is -0.136. The van der Waals surface area contributed by atoms with Crippen LogP contribution in [0.3, 0.4) is 0 Å². The van der Waals surface area contributed by atoms with E-state index in [1.54, 1.807) is 24.3 Å². The summed E-state index contributed by atoms with van der Waals surface area (Å²) in [6.07, 6.45) is 4.08. The number of carboxylic acid groups (broad SMARTS) is 1. The largest absolute Gasteiger partial charge is 0.481 e. The molecule has 0 fully saturated rings. The summed E-state index contributed by atoms with van der Waals surface area (Å²) in [6.45, 7) is 0.770. The van der Waals surface area contributed by atoms with Crippen LogP contribution in [0.4, 0.5) is 0 Å². The molecule has 0 saturated carbocycles. The summed E-state index contributed by atoms with van der Waals surface area (Å²) in [4.78, 5) is 29.9. The van der Waals surface area contributed by atoms with Crippen molar-refractivity contribution in [1.82, 2.24) is 9.88 Å². The quantitative estimate of drug-likeness (QED) is 0.404. The van der Waals surface area contributed by atoms with Gasteiger partial charge in [0.05, 0.1) is 12.5 Å². The lowest BCUT2D eigenvalue weighted by atomic mass is 9.92. The van der Waals surface area contributed by atoms with Crippen molar-refractivity contribution in [3.63, 3.8) is 0 Å². The molecule has 0 spiro atoms. The van der Waals surface area contributed by atoms with Crippen molar-refractivity contribution in [3.8, 4) is 11.5 Å². The Bertz CT molecular complexity index is 1500. The van der Waals surface area contributed by atoms with Gasteiger partial charge in [0.15, 0.2) is 11.5 Å². The van der Waals surface area contributed by atoms with Crippen molar-refractivity contribution in [2.75, 3.05) is 13.3 Å². The SMILES string of the molecule is O=C(O)Cc1ccc(/C=C/C(=O)N2CCc3c([nH]c4ccccc34)C2c2ccc3c(c2)OCO3)cc1. The first-order valence-electron chi connectivity index (χ1n) is 11.9. The average molecular weight is 481 g/mol. The van der Waals surface area contributed by atoms with Gasteiger partial charge in [-0.15, -0.1) is 0 Å². The number of aromatic nitrogens is 1. The minimum atomic E-state index is -0.871. The highest BCUT2D eigenvalue weighted by Gasteiger charge is 2.34. The number of aliphatic carboxylic acids is 1. The fraction of sp³-hybridized carbons (Fsp3) is 0.172. The number of carbonyl (C=O) groups is 2. The van der Waals surface area contributed by atoms with Gasteiger partial charge in [-0.25, -0.2) is 0 Å². The second kappa shape index (κ2) is 8.92. The molecule has 0 radical (unpaired) electrons. The number of hydrogen-bond donors (Lipinski definition) is 2. The molecule has 180 valence electrons. The van der Waals surface area contributed by atoms with E-state index in [9.17, 15) is 9.59 Å². The van der Waals surface area contributed by atoms with E-state index in [2.05, 4.69) is 17.1 Å². The Labute approximate surface area is 207 Å². The molecule has 1 atom stereocenters. The van der Waals surface area contributed by atoms with Gasteiger partial charge in [-0.05, 0) is 52.9 Å². The second-order valence-corrected chi connectivity index (χ2v) is 9.01. The van der Waals surface area contributed by atoms with E-state index >= 15 is 0 Å². The fourth-order valence-corrected chi connectivity index (χ4v) is 5.09. The summed E-state index contributed by atoms with van der Waals surface area (Å²) >= 11 is 0. The third-order valence-electron chi connectivity index (χ3n) is 6.78. The number of carbonyl (C=O) groups excluding carboxylic acids is 1. The number of ether oxygens (including phenoxy) is 2. The number of rotatable bonds is 5. The summed E-state index contributed by atoms with van der Waals surface area (Å²) in [5, 5.41) is 10.1. The number of nitrogens with one attached hydrogen (secondary N) is 1. The molecule has 36 heavy (non-hydrogen) atoms. The van der Waals surface area contributed by atoms with Gasteiger partial charge >= 0.3 is 5.97 Å². The summed E-state index contributed by atoms with van der Waals surface area (Å²) in [5.41, 5.74) is 5.80. The average Bonchev–Trinajstić information content (AvgIpc) is 3.51. The summed E-state index contributed by atoms with van der Waals surface area (Å²) in [5.74, 6) is 0.414. The smallest absolute Gasteiger partial charge is 0.307 e. The van der Waals surface area contributed by atoms with Gasteiger partial charge in [0.1, 0.15) is 0 Å². The number of hydrogen-bond acceptors (Lipinski definition) is 4. The molecule has 2 N–H and O–H groups in total. The highest BCUT2D eigenvalue weighted by Crippen LogP contribution is 2.42. The Morgan fingerprint density at radius 2 is 1.83 bits per heavy atom. The summed E-state index contributed by atoms with van der Waals surface area (Å²) in [6, 6.07) is 20.9. The lowest BCUT2D eigenvalue weighted by Crippen LogP contribution is -2.39. The molecular formula is C29H24N2O5. The number of fused-ring (bicyclic) bond motifs is 4. The molecule has 1 unspecified atom stereocenters. The first-order valence-corrected chi connectivity index (χ1v) is 11.9. The second-order valence-electron chi connectivity index (χ2n) is 9.01. The first-order chi connectivity index (χ1) is 17.6. The number of carboxylic acids is 1. The molecule has 1 amide bonds. The van der Waals surface area contributed by atoms with Gasteiger partial charge < -0.3 is 24.5 Å². The predicted molar refractivity (Wildman–Crippen MR) is 135 cm³/mol. The molecule has 3 heterocycles. The van der Waals surface area contributed by atoms with Crippen molar-refractivity contribution < 1.29 is 24.2 Å². The number of aromatic amines is 1. The van der Waals surface area contributed by atoms with Crippen LogP contribution in [0.15, 0.2) is 72.8 Å². The van der Waals surface area contributed by atoms with E-state index in [-0.39, 0.29) is 25.2 Å². The van der Waals surface area contributed by atoms with E-state index in [1.807, 2.05) is 47.4 Å². The Hall–Kier alpha value is -4.52. The zero-order chi connectivity index (χ0) is 24.6. The molecule has 6 rings (SSSR count). The van der Waals surface area contributed by atoms with E-state index in [1.165, 1.54) is 10.9 Å². The topological polar surface area (TPSA) is 91.9 Å². The van der Waals surface area contributed by atoms with Crippen LogP contribution < -0.4 is 9.47 Å². The van der Waals surface area contributed by atoms with Crippen LogP contribution in [-0.4, -0.2) is 40.2 Å². The molecule has 1 aromatic heterocycles. The molecular weight excluding hydrogens is 456 g/mol. The van der Waals surface area contributed by atoms with Gasteiger partial charge in [0.25, 0.3) is 0 Å². The highest BCUT2D eigenvalue weighted by atomic mass is 16.7. The van der Waals surface area contributed by atoms with Gasteiger partial charge in [-0.2, -0.15) is 0 Å². The van der Waals surface area contributed by atoms with Crippen LogP contribution in [0, 0.1) is 0 Å². The van der Waals surface area contributed by atoms with Crippen LogP contribution in [0.2, 0.25) is 0 Å². The van der Waals surface area contributed by atoms with Crippen molar-refractivity contribution in [2.24, 2.45) is 0 Å². The molecule has 0 saturated heterocycles. The number of nitrogens with zero attached hydrogens (tertiary/aromatic N) is 1. The van der Waals surface area contributed by atoms with Gasteiger partial charge in [-0.3, -0.25) is 9.59 Å². The molecule has 7 nitrogen and oxygen atoms in total. The van der Waals surface area contributed by atoms with E-state index in [0.29, 0.717) is 18.0 Å². The van der Waals surface area contributed by atoms with Crippen molar-refractivity contribution in [3.05, 3.63) is 101 Å². The maximum atomic E-state index is 13.5. The molecule has 4 aromatic rings. The van der Waals surface area contributed by atoms with Crippen molar-refractivity contribution in [1.29, 1.82) is 0 Å². The molecule has 7 heteroatoms. The van der Waals surface area contributed by atoms with Gasteiger partial charge in [-0.1, -0.05) is 48.5 Å². The zero-order valence-electron chi connectivity index (χ0n) is 19.4. The predicted octanol–water partition coefficient (Wildman–Crippen LogP) is 4.71. The van der Waals surface area contributed by atoms with Crippen molar-refractivity contribution in [2.45, 2.75) is 18.9 Å². The van der Waals surface area contributed by atoms with E-state index in [4.69, 9.17) is 14.6 Å². The third-order valence-corrected chi connectivity index (χ3v) is 6.78. The standard InChI is InChI=1S/C29H24N2O5/c32-26(12-9-18-5-7-19(8-6-18)15-27(33)34)31-14-13-22-21-3-1-2-4-23(21)30-28(22)29(31)20-10-11-24-25(16-20)36-17-35-24/h1-12,16,29-30H,13-15,17H2,(H,33,34)/b12-9+. The number of H-pyrrole nitrogens is 1. The van der Waals surface area contributed by atoms with Crippen LogP contribution in [0.25, 0.3) is 17.0 Å². The Kier molecular flexibility index (Phi) is 5.45. The Morgan fingerprint density at radius 3 is 2.67 bits per heavy atom. The van der Waals surface area contributed by atoms with Gasteiger partial charge in [0, 0.05) is 29.2 Å². The van der Waals surface area contributed by atoms with E-state index in [0.717, 1.165) is 34.3 Å². The van der Waals surface area contributed by atoms with Crippen LogP contribution in [-0.2, 0) is 22.4 Å². The maximum Gasteiger partial charge on any atom is 0.307 e. The third kappa shape index (κ3) is 3.98. The van der Waals surface area contributed by atoms with Crippen molar-refractivity contribution >= 4 is 28.9 Å². The normalized spacial score (nSPS) is 16.4. The zero-order valence-corrected chi connectivity index (χ0v) is 19.4. The molecule has 0 bridgehead atoms. The monoisotopic (exact) mass is 480 g/mol. The highest BCUT2D eigenvalue weighted by molar-refractivity contribution is 5.93. The molecule has 3 aromatic carbocycles. The molecule has 0 aliphatic carbocycles. The Balaban J connectivity index is 1.34. The minimum Gasteiger partial charge on any atom is -0.481 e. The van der Waals surface area contributed by atoms with Crippen LogP contribution >= 0.6 is 0 Å². The summed E-state index contributed by atoms with van der Waals surface area (Å²) in [7, 11) is 0. The van der Waals surface area contributed by atoms with Crippen LogP contribution in [0.1, 0.15) is 34.0 Å². The van der Waals surface area contributed by atoms with Gasteiger partial charge in [0.2, 0.25) is 12.7 Å². The lowest BCUT2D eigenvalue weighted by Gasteiger charge is -2.35. The van der Waals surface area contributed by atoms with E-state index < -0.39 is 5.97 Å². The van der Waals surface area contributed by atoms with Crippen LogP contribution in [0.5, 0.6) is 11.5 Å². The molecule has 2 aliphatic rings.